The minimum atomic E-state index is 0.722. The fourth-order valence-electron chi connectivity index (χ4n) is 5.56. The summed E-state index contributed by atoms with van der Waals surface area (Å²) in [6, 6.07) is 0. The molecule has 2 heterocycles. The van der Waals surface area contributed by atoms with Gasteiger partial charge in [0.1, 0.15) is 0 Å². The van der Waals surface area contributed by atoms with Gasteiger partial charge >= 0.3 is 0 Å². The molecule has 1 N–H and O–H groups in total. The fraction of sp³-hybridized carbons (Fsp3) is 0.850. The molecule has 0 aromatic carbocycles. The second-order valence-corrected chi connectivity index (χ2v) is 9.39. The standard InChI is InChI=1S/C20H32N2S/c1-13-3-4-14(2)18-11-16(5-6-17(13)18)19-12-23-20(22-19)15-7-9-21-10-8-15/h12-18,21H,3-11H2,1-2H3. The molecule has 2 nitrogen and oxygen atoms in total. The van der Waals surface area contributed by atoms with E-state index < -0.39 is 0 Å². The summed E-state index contributed by atoms with van der Waals surface area (Å²) in [5, 5.41) is 7.30. The first-order valence-electron chi connectivity index (χ1n) is 9.88. The molecular weight excluding hydrogens is 300 g/mol. The molecular formula is C20H32N2S. The van der Waals surface area contributed by atoms with E-state index in [2.05, 4.69) is 24.5 Å². The van der Waals surface area contributed by atoms with E-state index in [1.54, 1.807) is 0 Å². The number of hydrogen-bond donors (Lipinski definition) is 1. The van der Waals surface area contributed by atoms with Crippen molar-refractivity contribution in [2.45, 2.75) is 70.6 Å². The van der Waals surface area contributed by atoms with Gasteiger partial charge in [-0.05, 0) is 68.9 Å². The molecule has 1 aromatic rings. The molecule has 1 saturated heterocycles. The molecule has 3 heteroatoms. The van der Waals surface area contributed by atoms with E-state index in [9.17, 15) is 0 Å². The van der Waals surface area contributed by atoms with E-state index in [4.69, 9.17) is 4.98 Å². The van der Waals surface area contributed by atoms with Crippen LogP contribution in [0.5, 0.6) is 0 Å². The number of thiazole rings is 1. The van der Waals surface area contributed by atoms with Crippen LogP contribution in [0.15, 0.2) is 5.38 Å². The van der Waals surface area contributed by atoms with Gasteiger partial charge in [-0.25, -0.2) is 4.98 Å². The van der Waals surface area contributed by atoms with E-state index in [0.717, 1.165) is 35.5 Å². The summed E-state index contributed by atoms with van der Waals surface area (Å²) in [6.45, 7) is 7.35. The Kier molecular flexibility index (Phi) is 4.78. The van der Waals surface area contributed by atoms with Crippen molar-refractivity contribution in [1.29, 1.82) is 0 Å². The predicted octanol–water partition coefficient (Wildman–Crippen LogP) is 5.18. The highest BCUT2D eigenvalue weighted by molar-refractivity contribution is 7.09. The number of rotatable bonds is 2. The Bertz CT molecular complexity index is 519. The zero-order chi connectivity index (χ0) is 15.8. The molecule has 3 fully saturated rings. The smallest absolute Gasteiger partial charge is 0.0960 e. The van der Waals surface area contributed by atoms with E-state index in [-0.39, 0.29) is 0 Å². The average molecular weight is 333 g/mol. The summed E-state index contributed by atoms with van der Waals surface area (Å²) >= 11 is 1.94. The minimum Gasteiger partial charge on any atom is -0.317 e. The lowest BCUT2D eigenvalue weighted by Gasteiger charge is -2.46. The van der Waals surface area contributed by atoms with Crippen LogP contribution in [-0.2, 0) is 0 Å². The Morgan fingerprint density at radius 3 is 2.43 bits per heavy atom. The Morgan fingerprint density at radius 1 is 0.913 bits per heavy atom. The van der Waals surface area contributed by atoms with Gasteiger partial charge in [-0.2, -0.15) is 0 Å². The first kappa shape index (κ1) is 16.1. The zero-order valence-corrected chi connectivity index (χ0v) is 15.6. The maximum Gasteiger partial charge on any atom is 0.0960 e. The summed E-state index contributed by atoms with van der Waals surface area (Å²) < 4.78 is 0. The van der Waals surface area contributed by atoms with Gasteiger partial charge in [0.15, 0.2) is 0 Å². The molecule has 2 aliphatic carbocycles. The maximum absolute atomic E-state index is 5.13. The third-order valence-corrected chi connectivity index (χ3v) is 8.17. The molecule has 0 spiro atoms. The summed E-state index contributed by atoms with van der Waals surface area (Å²) in [5.41, 5.74) is 1.44. The van der Waals surface area contributed by atoms with Crippen molar-refractivity contribution >= 4 is 11.3 Å². The topological polar surface area (TPSA) is 24.9 Å². The van der Waals surface area contributed by atoms with Crippen molar-refractivity contribution in [1.82, 2.24) is 10.3 Å². The van der Waals surface area contributed by atoms with Gasteiger partial charge in [-0.3, -0.25) is 0 Å². The van der Waals surface area contributed by atoms with Gasteiger partial charge in [-0.1, -0.05) is 26.7 Å². The predicted molar refractivity (Wildman–Crippen MR) is 98.1 cm³/mol. The van der Waals surface area contributed by atoms with Crippen molar-refractivity contribution in [2.75, 3.05) is 13.1 Å². The summed E-state index contributed by atoms with van der Waals surface area (Å²) in [7, 11) is 0. The zero-order valence-electron chi connectivity index (χ0n) is 14.8. The molecule has 2 saturated carbocycles. The largest absolute Gasteiger partial charge is 0.317 e. The van der Waals surface area contributed by atoms with Crippen molar-refractivity contribution < 1.29 is 0 Å². The van der Waals surface area contributed by atoms with Crippen LogP contribution >= 0.6 is 11.3 Å². The number of piperidine rings is 1. The monoisotopic (exact) mass is 332 g/mol. The molecule has 5 atom stereocenters. The van der Waals surface area contributed by atoms with Gasteiger partial charge in [-0.15, -0.1) is 11.3 Å². The third kappa shape index (κ3) is 3.24. The molecule has 5 unspecified atom stereocenters. The second kappa shape index (κ2) is 6.84. The highest BCUT2D eigenvalue weighted by Gasteiger charge is 2.40. The second-order valence-electron chi connectivity index (χ2n) is 8.50. The molecule has 128 valence electrons. The lowest BCUT2D eigenvalue weighted by molar-refractivity contribution is 0.0573. The van der Waals surface area contributed by atoms with Crippen LogP contribution in [-0.4, -0.2) is 18.1 Å². The molecule has 0 bridgehead atoms. The van der Waals surface area contributed by atoms with Gasteiger partial charge in [0.25, 0.3) is 0 Å². The van der Waals surface area contributed by atoms with Crippen molar-refractivity contribution in [3.05, 3.63) is 16.1 Å². The Labute approximate surface area is 145 Å². The van der Waals surface area contributed by atoms with Crippen LogP contribution in [0.3, 0.4) is 0 Å². The molecule has 1 aliphatic heterocycles. The first-order valence-corrected chi connectivity index (χ1v) is 10.8. The lowest BCUT2D eigenvalue weighted by atomic mass is 9.59. The maximum atomic E-state index is 5.13. The fourth-order valence-corrected chi connectivity index (χ4v) is 6.63. The highest BCUT2D eigenvalue weighted by atomic mass is 32.1. The molecule has 4 rings (SSSR count). The van der Waals surface area contributed by atoms with E-state index in [0.29, 0.717) is 0 Å². The number of fused-ring (bicyclic) bond motifs is 1. The molecule has 0 radical (unpaired) electrons. The number of nitrogens with zero attached hydrogens (tertiary/aromatic N) is 1. The summed E-state index contributed by atoms with van der Waals surface area (Å²) in [4.78, 5) is 5.13. The number of nitrogens with one attached hydrogen (secondary N) is 1. The van der Waals surface area contributed by atoms with Crippen molar-refractivity contribution in [2.24, 2.45) is 23.7 Å². The van der Waals surface area contributed by atoms with Gasteiger partial charge in [0.05, 0.1) is 10.7 Å². The molecule has 3 aliphatic rings. The van der Waals surface area contributed by atoms with Gasteiger partial charge in [0.2, 0.25) is 0 Å². The van der Waals surface area contributed by atoms with Gasteiger partial charge < -0.3 is 5.32 Å². The first-order chi connectivity index (χ1) is 11.2. The van der Waals surface area contributed by atoms with Crippen molar-refractivity contribution in [3.63, 3.8) is 0 Å². The van der Waals surface area contributed by atoms with Crippen LogP contribution in [0.25, 0.3) is 0 Å². The molecule has 1 aromatic heterocycles. The van der Waals surface area contributed by atoms with Crippen LogP contribution < -0.4 is 5.32 Å². The molecule has 23 heavy (non-hydrogen) atoms. The van der Waals surface area contributed by atoms with Crippen LogP contribution in [0.2, 0.25) is 0 Å². The number of hydrogen-bond acceptors (Lipinski definition) is 3. The highest BCUT2D eigenvalue weighted by Crippen LogP contribution is 2.50. The van der Waals surface area contributed by atoms with E-state index in [1.807, 2.05) is 11.3 Å². The third-order valence-electron chi connectivity index (χ3n) is 7.14. The summed E-state index contributed by atoms with van der Waals surface area (Å²) in [5.74, 6) is 5.31. The van der Waals surface area contributed by atoms with Gasteiger partial charge in [0, 0.05) is 17.2 Å². The van der Waals surface area contributed by atoms with E-state index >= 15 is 0 Å². The quantitative estimate of drug-likeness (QED) is 0.807. The SMILES string of the molecule is CC1CCC(C)C2CC(c3csc(C4CCNCC4)n3)CCC12. The van der Waals surface area contributed by atoms with Crippen LogP contribution in [0.1, 0.15) is 81.3 Å². The average Bonchev–Trinajstić information content (AvgIpc) is 3.09. The Morgan fingerprint density at radius 2 is 1.65 bits per heavy atom. The lowest BCUT2D eigenvalue weighted by Crippen LogP contribution is -2.36. The Balaban J connectivity index is 1.45. The van der Waals surface area contributed by atoms with E-state index in [1.165, 1.54) is 68.7 Å². The number of aromatic nitrogens is 1. The van der Waals surface area contributed by atoms with Crippen LogP contribution in [0, 0.1) is 23.7 Å². The molecule has 0 amide bonds. The van der Waals surface area contributed by atoms with Crippen molar-refractivity contribution in [3.8, 4) is 0 Å². The summed E-state index contributed by atoms with van der Waals surface area (Å²) in [6.07, 6.45) is 9.70. The minimum absolute atomic E-state index is 0.722. The Hall–Kier alpha value is -0.410. The normalized spacial score (nSPS) is 39.1. The van der Waals surface area contributed by atoms with Crippen LogP contribution in [0.4, 0.5) is 0 Å².